The Labute approximate surface area is 140 Å². The molecule has 0 aliphatic carbocycles. The number of para-hydroxylation sites is 2. The summed E-state index contributed by atoms with van der Waals surface area (Å²) < 4.78 is 6.74. The number of rotatable bonds is 4. The van der Waals surface area contributed by atoms with Gasteiger partial charge in [0.2, 0.25) is 5.91 Å². The number of amides is 1. The van der Waals surface area contributed by atoms with E-state index in [4.69, 9.17) is 4.42 Å². The molecular formula is C18H23N3O3. The van der Waals surface area contributed by atoms with Crippen molar-refractivity contribution >= 4 is 17.0 Å². The van der Waals surface area contributed by atoms with E-state index in [1.165, 1.54) is 23.8 Å². The number of carbonyl (C=O) groups is 1. The minimum Gasteiger partial charge on any atom is -0.408 e. The van der Waals surface area contributed by atoms with Crippen LogP contribution in [-0.4, -0.2) is 40.5 Å². The Hall–Kier alpha value is -2.08. The molecule has 2 unspecified atom stereocenters. The van der Waals surface area contributed by atoms with Gasteiger partial charge in [0.25, 0.3) is 0 Å². The fourth-order valence-electron chi connectivity index (χ4n) is 4.13. The summed E-state index contributed by atoms with van der Waals surface area (Å²) in [6.07, 6.45) is 5.03. The lowest BCUT2D eigenvalue weighted by Crippen LogP contribution is -2.47. The van der Waals surface area contributed by atoms with E-state index in [1.54, 1.807) is 6.07 Å². The minimum atomic E-state index is -0.400. The molecule has 2 atom stereocenters. The van der Waals surface area contributed by atoms with Gasteiger partial charge >= 0.3 is 5.76 Å². The molecule has 1 amide bonds. The highest BCUT2D eigenvalue weighted by molar-refractivity contribution is 5.77. The summed E-state index contributed by atoms with van der Waals surface area (Å²) in [5.74, 6) is -0.382. The number of aromatic nitrogens is 1. The maximum Gasteiger partial charge on any atom is 0.419 e. The summed E-state index contributed by atoms with van der Waals surface area (Å²) in [7, 11) is 0. The number of hydrogen-bond acceptors (Lipinski definition) is 4. The Kier molecular flexibility index (Phi) is 4.14. The van der Waals surface area contributed by atoms with Crippen LogP contribution in [0.15, 0.2) is 33.5 Å². The van der Waals surface area contributed by atoms with Crippen LogP contribution < -0.4 is 11.1 Å². The van der Waals surface area contributed by atoms with Crippen LogP contribution in [0.1, 0.15) is 32.1 Å². The molecule has 2 saturated heterocycles. The monoisotopic (exact) mass is 329 g/mol. The van der Waals surface area contributed by atoms with Gasteiger partial charge in [-0.15, -0.1) is 0 Å². The van der Waals surface area contributed by atoms with Crippen molar-refractivity contribution in [1.29, 1.82) is 0 Å². The van der Waals surface area contributed by atoms with E-state index >= 15 is 0 Å². The molecule has 128 valence electrons. The molecule has 1 N–H and O–H groups in total. The molecule has 6 nitrogen and oxygen atoms in total. The lowest BCUT2D eigenvalue weighted by Gasteiger charge is -2.32. The number of nitrogens with zero attached hydrogens (tertiary/aromatic N) is 2. The summed E-state index contributed by atoms with van der Waals surface area (Å²) in [5, 5.41) is 3.18. The summed E-state index contributed by atoms with van der Waals surface area (Å²) >= 11 is 0. The largest absolute Gasteiger partial charge is 0.419 e. The predicted molar refractivity (Wildman–Crippen MR) is 90.9 cm³/mol. The van der Waals surface area contributed by atoms with Crippen LogP contribution in [0.5, 0.6) is 0 Å². The zero-order chi connectivity index (χ0) is 16.5. The fourth-order valence-corrected chi connectivity index (χ4v) is 4.13. The quantitative estimate of drug-likeness (QED) is 0.927. The number of hydrogen-bond donors (Lipinski definition) is 1. The van der Waals surface area contributed by atoms with Gasteiger partial charge in [-0.3, -0.25) is 14.3 Å². The third-order valence-electron chi connectivity index (χ3n) is 5.34. The van der Waals surface area contributed by atoms with Crippen LogP contribution in [-0.2, 0) is 11.3 Å². The highest BCUT2D eigenvalue weighted by Gasteiger charge is 2.36. The number of piperidine rings is 1. The molecule has 3 heterocycles. The maximum atomic E-state index is 12.3. The average Bonchev–Trinajstić information content (AvgIpc) is 3.14. The maximum absolute atomic E-state index is 12.3. The molecule has 1 aromatic heterocycles. The second-order valence-corrected chi connectivity index (χ2v) is 6.80. The molecule has 0 bridgehead atoms. The van der Waals surface area contributed by atoms with Gasteiger partial charge < -0.3 is 9.73 Å². The Morgan fingerprint density at radius 1 is 1.21 bits per heavy atom. The minimum absolute atomic E-state index is 0.0182. The van der Waals surface area contributed by atoms with Gasteiger partial charge in [-0.05, 0) is 37.9 Å². The smallest absolute Gasteiger partial charge is 0.408 e. The van der Waals surface area contributed by atoms with E-state index in [9.17, 15) is 9.59 Å². The first-order chi connectivity index (χ1) is 11.7. The van der Waals surface area contributed by atoms with Gasteiger partial charge in [-0.25, -0.2) is 4.79 Å². The second-order valence-electron chi connectivity index (χ2n) is 6.80. The number of fused-ring (bicyclic) bond motifs is 2. The van der Waals surface area contributed by atoms with Crippen molar-refractivity contribution in [3.63, 3.8) is 0 Å². The van der Waals surface area contributed by atoms with E-state index in [2.05, 4.69) is 10.2 Å². The molecule has 6 heteroatoms. The normalized spacial score (nSPS) is 24.2. The number of carbonyl (C=O) groups excluding carboxylic acids is 1. The summed E-state index contributed by atoms with van der Waals surface area (Å²) in [5.41, 5.74) is 1.31. The topological polar surface area (TPSA) is 67.5 Å². The van der Waals surface area contributed by atoms with Crippen LogP contribution in [0.4, 0.5) is 0 Å². The second kappa shape index (κ2) is 6.43. The molecule has 1 aromatic carbocycles. The number of aryl methyl sites for hydroxylation is 1. The van der Waals surface area contributed by atoms with E-state index in [1.807, 2.05) is 18.2 Å². The van der Waals surface area contributed by atoms with Crippen LogP contribution >= 0.6 is 0 Å². The lowest BCUT2D eigenvalue weighted by molar-refractivity contribution is -0.122. The van der Waals surface area contributed by atoms with Crippen LogP contribution in [0.25, 0.3) is 11.1 Å². The molecule has 0 spiro atoms. The lowest BCUT2D eigenvalue weighted by atomic mass is 9.99. The number of nitrogens with one attached hydrogen (secondary N) is 1. The highest BCUT2D eigenvalue weighted by atomic mass is 16.4. The number of oxazole rings is 1. The zero-order valence-electron chi connectivity index (χ0n) is 13.7. The van der Waals surface area contributed by atoms with E-state index in [0.717, 1.165) is 25.0 Å². The average molecular weight is 329 g/mol. The summed E-state index contributed by atoms with van der Waals surface area (Å²) in [4.78, 5) is 26.8. The predicted octanol–water partition coefficient (Wildman–Crippen LogP) is 1.73. The van der Waals surface area contributed by atoms with E-state index < -0.39 is 5.76 Å². The Balaban J connectivity index is 1.38. The van der Waals surface area contributed by atoms with Gasteiger partial charge in [-0.1, -0.05) is 18.6 Å². The molecule has 2 aromatic rings. The van der Waals surface area contributed by atoms with Crippen molar-refractivity contribution < 1.29 is 9.21 Å². The van der Waals surface area contributed by atoms with Crippen molar-refractivity contribution in [2.75, 3.05) is 13.1 Å². The van der Waals surface area contributed by atoms with Crippen LogP contribution in [0.2, 0.25) is 0 Å². The number of benzene rings is 1. The van der Waals surface area contributed by atoms with E-state index in [-0.39, 0.29) is 11.9 Å². The van der Waals surface area contributed by atoms with Crippen molar-refractivity contribution in [2.24, 2.45) is 0 Å². The summed E-state index contributed by atoms with van der Waals surface area (Å²) in [6.45, 7) is 2.59. The summed E-state index contributed by atoms with van der Waals surface area (Å²) in [6, 6.07) is 8.07. The molecular weight excluding hydrogens is 306 g/mol. The van der Waals surface area contributed by atoms with Gasteiger partial charge in [0.15, 0.2) is 5.58 Å². The Morgan fingerprint density at radius 2 is 2.08 bits per heavy atom. The third-order valence-corrected chi connectivity index (χ3v) is 5.34. The zero-order valence-corrected chi connectivity index (χ0v) is 13.7. The Morgan fingerprint density at radius 3 is 3.00 bits per heavy atom. The first-order valence-electron chi connectivity index (χ1n) is 8.84. The van der Waals surface area contributed by atoms with Crippen molar-refractivity contribution in [3.8, 4) is 0 Å². The van der Waals surface area contributed by atoms with E-state index in [0.29, 0.717) is 24.6 Å². The molecule has 2 aliphatic rings. The highest BCUT2D eigenvalue weighted by Crippen LogP contribution is 2.27. The molecule has 0 radical (unpaired) electrons. The third kappa shape index (κ3) is 2.86. The molecule has 2 fully saturated rings. The van der Waals surface area contributed by atoms with Crippen LogP contribution in [0.3, 0.4) is 0 Å². The van der Waals surface area contributed by atoms with Crippen LogP contribution in [0, 0.1) is 0 Å². The first kappa shape index (κ1) is 15.4. The molecule has 0 saturated carbocycles. The van der Waals surface area contributed by atoms with Crippen molar-refractivity contribution in [3.05, 3.63) is 34.8 Å². The van der Waals surface area contributed by atoms with Gasteiger partial charge in [0.05, 0.1) is 5.52 Å². The fraction of sp³-hybridized carbons (Fsp3) is 0.556. The molecule has 24 heavy (non-hydrogen) atoms. The van der Waals surface area contributed by atoms with Gasteiger partial charge in [-0.2, -0.15) is 0 Å². The van der Waals surface area contributed by atoms with Crippen molar-refractivity contribution in [1.82, 2.24) is 14.8 Å². The SMILES string of the molecule is O=C(CCn1c(=O)oc2ccccc21)NC1CCN2CCCCC12. The molecule has 4 rings (SSSR count). The first-order valence-corrected chi connectivity index (χ1v) is 8.84. The van der Waals surface area contributed by atoms with Gasteiger partial charge in [0, 0.05) is 31.6 Å². The Bertz CT molecular complexity index is 794. The van der Waals surface area contributed by atoms with Gasteiger partial charge in [0.1, 0.15) is 0 Å². The standard InChI is InChI=1S/C18H23N3O3/c22-17(19-13-8-11-20-10-4-3-5-14(13)20)9-12-21-15-6-1-2-7-16(15)24-18(21)23/h1-2,6-7,13-14H,3-5,8-12H2,(H,19,22). The van der Waals surface area contributed by atoms with Crippen molar-refractivity contribution in [2.45, 2.75) is 50.7 Å². The molecule has 2 aliphatic heterocycles.